The first-order valence-corrected chi connectivity index (χ1v) is 13.2. The van der Waals surface area contributed by atoms with E-state index in [2.05, 4.69) is 21.2 Å². The van der Waals surface area contributed by atoms with Gasteiger partial charge < -0.3 is 39.4 Å². The maximum absolute atomic E-state index is 12.4. The van der Waals surface area contributed by atoms with Crippen molar-refractivity contribution in [2.45, 2.75) is 46.1 Å². The quantitative estimate of drug-likeness (QED) is 0.119. The van der Waals surface area contributed by atoms with Crippen molar-refractivity contribution in [1.82, 2.24) is 16.1 Å². The number of rotatable bonds is 13. The van der Waals surface area contributed by atoms with Crippen molar-refractivity contribution in [1.29, 1.82) is 0 Å². The lowest BCUT2D eigenvalue weighted by Crippen LogP contribution is -2.45. The Labute approximate surface area is 243 Å². The summed E-state index contributed by atoms with van der Waals surface area (Å²) in [6, 6.07) is 7.14. The molecule has 0 saturated heterocycles. The van der Waals surface area contributed by atoms with Gasteiger partial charge in [0.05, 0.1) is 49.8 Å². The summed E-state index contributed by atoms with van der Waals surface area (Å²) < 4.78 is 27.5. The Bertz CT molecular complexity index is 1310. The number of halogens is 1. The molecule has 222 valence electrons. The SMILES string of the molecule is CCOc1cc([C@H]2NC(=O)NC(C)=C2C(=O)OC)ccc1OC[C@H](O)N/N=C/c1cc(Cl)c(OC(C)C)c(OC)c1. The Balaban J connectivity index is 1.69. The Hall–Kier alpha value is -4.16. The number of allylic oxidation sites excluding steroid dienone is 1. The molecule has 0 saturated carbocycles. The van der Waals surface area contributed by atoms with Crippen LogP contribution in [0, 0.1) is 0 Å². The summed E-state index contributed by atoms with van der Waals surface area (Å²) in [5.41, 5.74) is 4.44. The number of carbonyl (C=O) groups is 2. The third-order valence-electron chi connectivity index (χ3n) is 5.71. The van der Waals surface area contributed by atoms with E-state index in [-0.39, 0.29) is 18.3 Å². The van der Waals surface area contributed by atoms with Gasteiger partial charge in [-0.3, -0.25) is 5.43 Å². The van der Waals surface area contributed by atoms with E-state index in [9.17, 15) is 14.7 Å². The minimum atomic E-state index is -1.17. The minimum Gasteiger partial charge on any atom is -0.493 e. The number of ether oxygens (including phenoxy) is 5. The topological polar surface area (TPSA) is 149 Å². The summed E-state index contributed by atoms with van der Waals surface area (Å²) in [5.74, 6) is 1.03. The van der Waals surface area contributed by atoms with Crippen molar-refractivity contribution in [3.63, 3.8) is 0 Å². The summed E-state index contributed by atoms with van der Waals surface area (Å²) in [6.07, 6.45) is 0.223. The molecule has 0 fully saturated rings. The van der Waals surface area contributed by atoms with Gasteiger partial charge in [-0.15, -0.1) is 0 Å². The molecule has 0 bridgehead atoms. The number of urea groups is 1. The highest BCUT2D eigenvalue weighted by atomic mass is 35.5. The molecule has 41 heavy (non-hydrogen) atoms. The number of hydrogen-bond acceptors (Lipinski definition) is 10. The number of esters is 1. The molecule has 1 heterocycles. The van der Waals surface area contributed by atoms with Gasteiger partial charge in [0, 0.05) is 5.70 Å². The van der Waals surface area contributed by atoms with Crippen LogP contribution in [0.15, 0.2) is 46.7 Å². The lowest BCUT2D eigenvalue weighted by atomic mass is 9.95. The fourth-order valence-corrected chi connectivity index (χ4v) is 4.25. The second-order valence-corrected chi connectivity index (χ2v) is 9.52. The fraction of sp³-hybridized carbons (Fsp3) is 0.393. The molecule has 1 aliphatic heterocycles. The molecule has 2 aromatic rings. The van der Waals surface area contributed by atoms with Gasteiger partial charge in [-0.25, -0.2) is 9.59 Å². The van der Waals surface area contributed by atoms with E-state index in [0.717, 1.165) is 0 Å². The predicted molar refractivity (Wildman–Crippen MR) is 153 cm³/mol. The molecule has 4 N–H and O–H groups in total. The third kappa shape index (κ3) is 8.18. The molecule has 0 aliphatic carbocycles. The van der Waals surface area contributed by atoms with Crippen LogP contribution >= 0.6 is 11.6 Å². The summed E-state index contributed by atoms with van der Waals surface area (Å²) in [7, 11) is 2.78. The zero-order chi connectivity index (χ0) is 30.1. The van der Waals surface area contributed by atoms with Crippen LogP contribution < -0.4 is 35.0 Å². The highest BCUT2D eigenvalue weighted by Crippen LogP contribution is 2.37. The van der Waals surface area contributed by atoms with Gasteiger partial charge >= 0.3 is 12.0 Å². The number of aliphatic hydroxyl groups excluding tert-OH is 1. The average molecular weight is 591 g/mol. The first-order chi connectivity index (χ1) is 19.6. The summed E-state index contributed by atoms with van der Waals surface area (Å²) in [6.45, 7) is 7.36. The van der Waals surface area contributed by atoms with E-state index in [4.69, 9.17) is 35.3 Å². The largest absolute Gasteiger partial charge is 0.493 e. The number of benzene rings is 2. The van der Waals surface area contributed by atoms with Crippen LogP contribution in [-0.4, -0.2) is 63.1 Å². The first-order valence-electron chi connectivity index (χ1n) is 12.8. The van der Waals surface area contributed by atoms with Crippen molar-refractivity contribution < 1.29 is 38.4 Å². The number of aliphatic hydroxyl groups is 1. The minimum absolute atomic E-state index is 0.0824. The molecular weight excluding hydrogens is 556 g/mol. The van der Waals surface area contributed by atoms with E-state index >= 15 is 0 Å². The molecule has 0 radical (unpaired) electrons. The van der Waals surface area contributed by atoms with Gasteiger partial charge in [-0.05, 0) is 63.1 Å². The molecule has 0 aromatic heterocycles. The van der Waals surface area contributed by atoms with Crippen LogP contribution in [0.1, 0.15) is 44.9 Å². The lowest BCUT2D eigenvalue weighted by molar-refractivity contribution is -0.136. The number of methoxy groups -OCH3 is 2. The van der Waals surface area contributed by atoms with Crippen LogP contribution in [0.2, 0.25) is 5.02 Å². The maximum atomic E-state index is 12.4. The fourth-order valence-electron chi connectivity index (χ4n) is 3.98. The summed E-state index contributed by atoms with van der Waals surface area (Å²) in [4.78, 5) is 24.5. The Morgan fingerprint density at radius 3 is 2.59 bits per heavy atom. The zero-order valence-electron chi connectivity index (χ0n) is 23.7. The summed E-state index contributed by atoms with van der Waals surface area (Å²) in [5, 5.41) is 20.1. The molecule has 2 aromatic carbocycles. The number of nitrogens with zero attached hydrogens (tertiary/aromatic N) is 1. The molecule has 3 rings (SSSR count). The van der Waals surface area contributed by atoms with Crippen molar-refractivity contribution in [2.75, 3.05) is 27.4 Å². The Morgan fingerprint density at radius 1 is 1.17 bits per heavy atom. The maximum Gasteiger partial charge on any atom is 0.337 e. The van der Waals surface area contributed by atoms with E-state index < -0.39 is 24.3 Å². The Morgan fingerprint density at radius 2 is 1.93 bits per heavy atom. The molecule has 0 spiro atoms. The predicted octanol–water partition coefficient (Wildman–Crippen LogP) is 3.66. The van der Waals surface area contributed by atoms with Crippen LogP contribution in [0.4, 0.5) is 4.79 Å². The van der Waals surface area contributed by atoms with Crippen molar-refractivity contribution in [3.8, 4) is 23.0 Å². The lowest BCUT2D eigenvalue weighted by Gasteiger charge is -2.28. The molecule has 1 aliphatic rings. The Kier molecular flexibility index (Phi) is 11.1. The smallest absolute Gasteiger partial charge is 0.337 e. The second-order valence-electron chi connectivity index (χ2n) is 9.12. The van der Waals surface area contributed by atoms with Crippen LogP contribution in [0.3, 0.4) is 0 Å². The van der Waals surface area contributed by atoms with Crippen LogP contribution in [0.5, 0.6) is 23.0 Å². The molecule has 2 atom stereocenters. The second kappa shape index (κ2) is 14.5. The van der Waals surface area contributed by atoms with Gasteiger partial charge in [0.25, 0.3) is 0 Å². The number of hydrazone groups is 1. The average Bonchev–Trinajstić information content (AvgIpc) is 2.92. The normalized spacial score (nSPS) is 15.7. The van der Waals surface area contributed by atoms with Gasteiger partial charge in [0.2, 0.25) is 0 Å². The highest BCUT2D eigenvalue weighted by molar-refractivity contribution is 6.32. The highest BCUT2D eigenvalue weighted by Gasteiger charge is 2.32. The van der Waals surface area contributed by atoms with Crippen molar-refractivity contribution >= 4 is 29.8 Å². The number of carbonyl (C=O) groups excluding carboxylic acids is 2. The van der Waals surface area contributed by atoms with Gasteiger partial charge in [0.1, 0.15) is 6.61 Å². The molecule has 12 nitrogen and oxygen atoms in total. The molecular formula is C28H35ClN4O8. The number of nitrogens with one attached hydrogen (secondary N) is 3. The third-order valence-corrected chi connectivity index (χ3v) is 6.00. The zero-order valence-corrected chi connectivity index (χ0v) is 24.5. The van der Waals surface area contributed by atoms with E-state index in [1.807, 2.05) is 13.8 Å². The van der Waals surface area contributed by atoms with E-state index in [1.165, 1.54) is 20.4 Å². The van der Waals surface area contributed by atoms with Crippen molar-refractivity contribution in [2.24, 2.45) is 5.10 Å². The van der Waals surface area contributed by atoms with Gasteiger partial charge in [-0.1, -0.05) is 17.7 Å². The molecule has 13 heteroatoms. The molecule has 0 unspecified atom stereocenters. The van der Waals surface area contributed by atoms with E-state index in [0.29, 0.717) is 51.5 Å². The first kappa shape index (κ1) is 31.4. The molecule has 2 amide bonds. The van der Waals surface area contributed by atoms with E-state index in [1.54, 1.807) is 44.2 Å². The van der Waals surface area contributed by atoms with Gasteiger partial charge in [-0.2, -0.15) is 5.10 Å². The monoisotopic (exact) mass is 590 g/mol. The van der Waals surface area contributed by atoms with Crippen molar-refractivity contribution in [3.05, 3.63) is 57.8 Å². The number of hydrogen-bond donors (Lipinski definition) is 4. The standard InChI is InChI=1S/C28H35ClN4O8/c1-7-39-21-12-18(25-24(27(35)38-6)16(4)31-28(36)32-25)8-9-20(21)40-14-23(34)33-30-13-17-10-19(29)26(41-15(2)3)22(11-17)37-5/h8-13,15,23,25,33-34H,7,14H2,1-6H3,(H2,31,32,36)/b30-13+/t23-,25+/m0/s1. The number of amides is 2. The van der Waals surface area contributed by atoms with Gasteiger partial charge in [0.15, 0.2) is 29.2 Å². The van der Waals surface area contributed by atoms with Crippen LogP contribution in [-0.2, 0) is 9.53 Å². The summed E-state index contributed by atoms with van der Waals surface area (Å²) >= 11 is 6.35. The van der Waals surface area contributed by atoms with Crippen LogP contribution in [0.25, 0.3) is 0 Å².